The zero-order valence-electron chi connectivity index (χ0n) is 9.30. The van der Waals surface area contributed by atoms with Gasteiger partial charge >= 0.3 is 0 Å². The van der Waals surface area contributed by atoms with E-state index in [1.807, 2.05) is 6.07 Å². The van der Waals surface area contributed by atoms with Crippen LogP contribution in [0.5, 0.6) is 0 Å². The minimum absolute atomic E-state index is 0.192. The van der Waals surface area contributed by atoms with Gasteiger partial charge in [0.1, 0.15) is 0 Å². The molecule has 0 spiro atoms. The zero-order valence-corrected chi connectivity index (χ0v) is 12.5. The first-order valence-electron chi connectivity index (χ1n) is 5.40. The Balaban J connectivity index is 1.93. The van der Waals surface area contributed by atoms with Gasteiger partial charge in [-0.3, -0.25) is 0 Å². The number of hydrogen-bond donors (Lipinski definition) is 1. The molecule has 1 unspecified atom stereocenters. The summed E-state index contributed by atoms with van der Waals surface area (Å²) in [5.74, 6) is 0. The van der Waals surface area contributed by atoms with Crippen molar-refractivity contribution in [1.29, 1.82) is 0 Å². The fraction of sp³-hybridized carbons (Fsp3) is 0.0769. The van der Waals surface area contributed by atoms with E-state index in [0.29, 0.717) is 0 Å². The number of halogens is 1. The molecule has 3 rings (SSSR count). The van der Waals surface area contributed by atoms with E-state index in [1.165, 1.54) is 9.75 Å². The maximum atomic E-state index is 6.04. The van der Waals surface area contributed by atoms with Gasteiger partial charge in [-0.15, -0.1) is 22.7 Å². The third-order valence-electron chi connectivity index (χ3n) is 2.54. The van der Waals surface area contributed by atoms with Crippen LogP contribution in [0.2, 0.25) is 4.34 Å². The van der Waals surface area contributed by atoms with E-state index in [-0.39, 0.29) is 6.04 Å². The van der Waals surface area contributed by atoms with Crippen molar-refractivity contribution in [2.45, 2.75) is 6.04 Å². The molecule has 0 fully saturated rings. The van der Waals surface area contributed by atoms with E-state index in [9.17, 15) is 0 Å². The van der Waals surface area contributed by atoms with Crippen LogP contribution in [0.25, 0.3) is 0 Å². The van der Waals surface area contributed by atoms with Crippen LogP contribution in [-0.4, -0.2) is 0 Å². The summed E-state index contributed by atoms with van der Waals surface area (Å²) in [5.41, 5.74) is 1.16. The number of thiophene rings is 3. The van der Waals surface area contributed by atoms with Gasteiger partial charge in [0, 0.05) is 20.8 Å². The second-order valence-electron chi connectivity index (χ2n) is 3.75. The van der Waals surface area contributed by atoms with Gasteiger partial charge < -0.3 is 5.32 Å². The first-order valence-corrected chi connectivity index (χ1v) is 8.42. The Morgan fingerprint density at radius 2 is 2.00 bits per heavy atom. The summed E-state index contributed by atoms with van der Waals surface area (Å²) in [6.45, 7) is 0. The lowest BCUT2D eigenvalue weighted by molar-refractivity contribution is 0.995. The average Bonchev–Trinajstić information content (AvgIpc) is 3.09. The lowest BCUT2D eigenvalue weighted by Crippen LogP contribution is -2.08. The van der Waals surface area contributed by atoms with E-state index < -0.39 is 0 Å². The van der Waals surface area contributed by atoms with E-state index >= 15 is 0 Å². The van der Waals surface area contributed by atoms with E-state index in [4.69, 9.17) is 11.6 Å². The molecule has 0 aromatic carbocycles. The molecule has 1 atom stereocenters. The van der Waals surface area contributed by atoms with E-state index in [2.05, 4.69) is 45.7 Å². The van der Waals surface area contributed by atoms with Gasteiger partial charge in [-0.1, -0.05) is 17.7 Å². The number of anilines is 1. The van der Waals surface area contributed by atoms with Gasteiger partial charge in [-0.05, 0) is 35.0 Å². The molecular formula is C13H10ClNS3. The van der Waals surface area contributed by atoms with Crippen LogP contribution in [0.4, 0.5) is 5.69 Å². The largest absolute Gasteiger partial charge is 0.372 e. The Labute approximate surface area is 123 Å². The maximum absolute atomic E-state index is 6.04. The molecule has 0 saturated carbocycles. The molecule has 1 nitrogen and oxygen atoms in total. The molecule has 3 heterocycles. The maximum Gasteiger partial charge on any atom is 0.0954 e. The lowest BCUT2D eigenvalue weighted by atomic mass is 10.2. The summed E-state index contributed by atoms with van der Waals surface area (Å²) in [6, 6.07) is 10.6. The third-order valence-corrected chi connectivity index (χ3v) is 5.45. The Morgan fingerprint density at radius 3 is 2.61 bits per heavy atom. The summed E-state index contributed by atoms with van der Waals surface area (Å²) in [5, 5.41) is 9.87. The Morgan fingerprint density at radius 1 is 1.06 bits per heavy atom. The number of hydrogen-bond acceptors (Lipinski definition) is 4. The topological polar surface area (TPSA) is 12.0 Å². The Bertz CT molecular complexity index is 598. The van der Waals surface area contributed by atoms with Crippen molar-refractivity contribution in [3.63, 3.8) is 0 Å². The summed E-state index contributed by atoms with van der Waals surface area (Å²) >= 11 is 11.1. The molecule has 5 heteroatoms. The molecule has 0 aliphatic carbocycles. The summed E-state index contributed by atoms with van der Waals surface area (Å²) < 4.78 is 0.832. The number of rotatable bonds is 4. The third kappa shape index (κ3) is 2.62. The van der Waals surface area contributed by atoms with Crippen LogP contribution in [0, 0.1) is 0 Å². The summed E-state index contributed by atoms with van der Waals surface area (Å²) in [6.07, 6.45) is 0. The van der Waals surface area contributed by atoms with E-state index in [0.717, 1.165) is 10.0 Å². The average molecular weight is 312 g/mol. The molecule has 1 N–H and O–H groups in total. The highest BCUT2D eigenvalue weighted by atomic mass is 35.5. The van der Waals surface area contributed by atoms with Crippen molar-refractivity contribution in [3.05, 3.63) is 60.6 Å². The van der Waals surface area contributed by atoms with Crippen LogP contribution < -0.4 is 5.32 Å². The Hall–Kier alpha value is -0.810. The minimum atomic E-state index is 0.192. The first-order chi connectivity index (χ1) is 8.83. The van der Waals surface area contributed by atoms with Crippen LogP contribution in [-0.2, 0) is 0 Å². The molecule has 0 amide bonds. The molecule has 0 aliphatic heterocycles. The van der Waals surface area contributed by atoms with Crippen molar-refractivity contribution in [3.8, 4) is 0 Å². The highest BCUT2D eigenvalue weighted by Crippen LogP contribution is 2.35. The second-order valence-corrected chi connectivity index (χ2v) is 7.25. The molecule has 3 aromatic rings. The molecule has 3 aromatic heterocycles. The van der Waals surface area contributed by atoms with Gasteiger partial charge in [0.05, 0.1) is 10.4 Å². The fourth-order valence-corrected chi connectivity index (χ4v) is 4.33. The van der Waals surface area contributed by atoms with Crippen LogP contribution in [0.3, 0.4) is 0 Å². The van der Waals surface area contributed by atoms with Gasteiger partial charge in [-0.25, -0.2) is 0 Å². The lowest BCUT2D eigenvalue weighted by Gasteiger charge is -2.16. The monoisotopic (exact) mass is 311 g/mol. The molecule has 0 saturated heterocycles. The van der Waals surface area contributed by atoms with Crippen molar-refractivity contribution in [2.75, 3.05) is 5.32 Å². The van der Waals surface area contributed by atoms with Gasteiger partial charge in [0.15, 0.2) is 0 Å². The fourth-order valence-electron chi connectivity index (χ4n) is 1.73. The Kier molecular flexibility index (Phi) is 3.70. The highest BCUT2D eigenvalue weighted by molar-refractivity contribution is 7.16. The quantitative estimate of drug-likeness (QED) is 0.649. The predicted molar refractivity (Wildman–Crippen MR) is 83.4 cm³/mol. The van der Waals surface area contributed by atoms with Crippen molar-refractivity contribution in [2.24, 2.45) is 0 Å². The second kappa shape index (κ2) is 5.45. The molecular weight excluding hydrogens is 302 g/mol. The van der Waals surface area contributed by atoms with Gasteiger partial charge in [0.25, 0.3) is 0 Å². The van der Waals surface area contributed by atoms with Crippen LogP contribution in [0.15, 0.2) is 46.5 Å². The van der Waals surface area contributed by atoms with Crippen LogP contribution >= 0.6 is 45.6 Å². The van der Waals surface area contributed by atoms with Crippen molar-refractivity contribution in [1.82, 2.24) is 0 Å². The zero-order chi connectivity index (χ0) is 12.4. The first kappa shape index (κ1) is 12.2. The smallest absolute Gasteiger partial charge is 0.0954 e. The molecule has 92 valence electrons. The van der Waals surface area contributed by atoms with Crippen LogP contribution in [0.1, 0.15) is 15.8 Å². The molecule has 0 aliphatic rings. The normalized spacial score (nSPS) is 12.5. The standard InChI is InChI=1S/C13H10ClNS3/c14-12-4-3-11(18-12)13(10-2-1-6-17-10)15-9-5-7-16-8-9/h1-8,13,15H. The van der Waals surface area contributed by atoms with Crippen molar-refractivity contribution >= 4 is 51.3 Å². The summed E-state index contributed by atoms with van der Waals surface area (Å²) in [7, 11) is 0. The predicted octanol–water partition coefficient (Wildman–Crippen LogP) is 5.73. The van der Waals surface area contributed by atoms with Gasteiger partial charge in [0.2, 0.25) is 0 Å². The molecule has 0 bridgehead atoms. The summed E-state index contributed by atoms with van der Waals surface area (Å²) in [4.78, 5) is 2.55. The SMILES string of the molecule is Clc1ccc(C(Nc2ccsc2)c2cccs2)s1. The van der Waals surface area contributed by atoms with E-state index in [1.54, 1.807) is 34.0 Å². The molecule has 18 heavy (non-hydrogen) atoms. The van der Waals surface area contributed by atoms with Crippen molar-refractivity contribution < 1.29 is 0 Å². The molecule has 0 radical (unpaired) electrons. The number of nitrogens with one attached hydrogen (secondary N) is 1. The highest BCUT2D eigenvalue weighted by Gasteiger charge is 2.17. The van der Waals surface area contributed by atoms with Gasteiger partial charge in [-0.2, -0.15) is 11.3 Å². The minimum Gasteiger partial charge on any atom is -0.372 e.